The first kappa shape index (κ1) is 13.2. The van der Waals surface area contributed by atoms with Crippen molar-refractivity contribution in [2.24, 2.45) is 4.99 Å². The van der Waals surface area contributed by atoms with Crippen molar-refractivity contribution in [1.82, 2.24) is 4.90 Å². The number of para-hydroxylation sites is 1. The summed E-state index contributed by atoms with van der Waals surface area (Å²) in [6.45, 7) is 4.10. The highest BCUT2D eigenvalue weighted by atomic mass is 16.5. The zero-order valence-electron chi connectivity index (χ0n) is 10.7. The third-order valence-electron chi connectivity index (χ3n) is 2.13. The quantitative estimate of drug-likeness (QED) is 0.596. The van der Waals surface area contributed by atoms with E-state index in [9.17, 15) is 4.79 Å². The van der Waals surface area contributed by atoms with Crippen LogP contribution in [0.4, 0.5) is 4.79 Å². The van der Waals surface area contributed by atoms with E-state index < -0.39 is 6.09 Å². The van der Waals surface area contributed by atoms with Gasteiger partial charge in [-0.3, -0.25) is 0 Å². The van der Waals surface area contributed by atoms with Gasteiger partial charge in [-0.15, -0.1) is 0 Å². The number of amides is 1. The van der Waals surface area contributed by atoms with E-state index in [1.54, 1.807) is 25.1 Å². The third kappa shape index (κ3) is 4.26. The molecule has 0 saturated carbocycles. The number of aliphatic imine (C=N–C) groups is 1. The smallest absolute Gasteiger partial charge is 0.408 e. The lowest BCUT2D eigenvalue weighted by atomic mass is 10.0. The van der Waals surface area contributed by atoms with Gasteiger partial charge in [0, 0.05) is 14.1 Å². The molecular formula is C13H18N2O2. The standard InChI is InChI=1S/C13H18N2O2/c1-10(2)11-7-5-6-8-12(11)17-13(16)14-9-15(3)4/h5-10H,1-4H3. The topological polar surface area (TPSA) is 41.9 Å². The monoisotopic (exact) mass is 234 g/mol. The Morgan fingerprint density at radius 2 is 2.00 bits per heavy atom. The molecule has 1 amide bonds. The van der Waals surface area contributed by atoms with E-state index in [-0.39, 0.29) is 0 Å². The lowest BCUT2D eigenvalue weighted by molar-refractivity contribution is 0.210. The van der Waals surface area contributed by atoms with Crippen LogP contribution in [-0.2, 0) is 0 Å². The molecule has 0 unspecified atom stereocenters. The summed E-state index contributed by atoms with van der Waals surface area (Å²) < 4.78 is 5.19. The van der Waals surface area contributed by atoms with Gasteiger partial charge < -0.3 is 9.64 Å². The van der Waals surface area contributed by atoms with Gasteiger partial charge in [0.25, 0.3) is 0 Å². The molecule has 0 aliphatic rings. The van der Waals surface area contributed by atoms with Gasteiger partial charge in [0.2, 0.25) is 0 Å². The van der Waals surface area contributed by atoms with Gasteiger partial charge in [-0.05, 0) is 17.5 Å². The average molecular weight is 234 g/mol. The van der Waals surface area contributed by atoms with Crippen LogP contribution in [0.5, 0.6) is 5.75 Å². The first-order chi connectivity index (χ1) is 8.00. The number of carbonyl (C=O) groups excluding carboxylic acids is 1. The molecule has 1 aromatic carbocycles. The molecular weight excluding hydrogens is 216 g/mol. The Labute approximate surface area is 102 Å². The minimum Gasteiger partial charge on any atom is -0.408 e. The number of rotatable bonds is 3. The molecule has 0 aliphatic carbocycles. The molecule has 17 heavy (non-hydrogen) atoms. The van der Waals surface area contributed by atoms with Crippen molar-refractivity contribution in [1.29, 1.82) is 0 Å². The fourth-order valence-corrected chi connectivity index (χ4v) is 1.33. The molecule has 0 aromatic heterocycles. The minimum absolute atomic E-state index is 0.303. The van der Waals surface area contributed by atoms with Crippen LogP contribution in [0.1, 0.15) is 25.3 Å². The molecule has 0 heterocycles. The second-order valence-corrected chi connectivity index (χ2v) is 4.27. The summed E-state index contributed by atoms with van der Waals surface area (Å²) in [4.78, 5) is 16.8. The lowest BCUT2D eigenvalue weighted by Crippen LogP contribution is -2.12. The van der Waals surface area contributed by atoms with E-state index in [2.05, 4.69) is 18.8 Å². The highest BCUT2D eigenvalue weighted by Gasteiger charge is 2.09. The second kappa shape index (κ2) is 6.03. The van der Waals surface area contributed by atoms with Crippen molar-refractivity contribution in [3.8, 4) is 5.75 Å². The largest absolute Gasteiger partial charge is 0.440 e. The lowest BCUT2D eigenvalue weighted by Gasteiger charge is -2.11. The van der Waals surface area contributed by atoms with Gasteiger partial charge in [-0.1, -0.05) is 32.0 Å². The molecule has 0 bridgehead atoms. The molecule has 0 fully saturated rings. The van der Waals surface area contributed by atoms with Gasteiger partial charge in [0.05, 0.1) is 6.34 Å². The Bertz CT molecular complexity index is 412. The molecule has 0 saturated heterocycles. The Balaban J connectivity index is 2.78. The molecule has 4 nitrogen and oxygen atoms in total. The maximum absolute atomic E-state index is 11.4. The predicted octanol–water partition coefficient (Wildman–Crippen LogP) is 2.90. The Morgan fingerprint density at radius 1 is 1.35 bits per heavy atom. The summed E-state index contributed by atoms with van der Waals surface area (Å²) in [6, 6.07) is 7.49. The molecule has 0 radical (unpaired) electrons. The maximum Gasteiger partial charge on any atom is 0.440 e. The highest BCUT2D eigenvalue weighted by Crippen LogP contribution is 2.25. The van der Waals surface area contributed by atoms with E-state index in [1.807, 2.05) is 18.2 Å². The molecule has 4 heteroatoms. The number of hydrogen-bond donors (Lipinski definition) is 0. The van der Waals surface area contributed by atoms with Crippen LogP contribution in [-0.4, -0.2) is 31.4 Å². The van der Waals surface area contributed by atoms with Gasteiger partial charge >= 0.3 is 6.09 Å². The number of benzene rings is 1. The summed E-state index contributed by atoms with van der Waals surface area (Å²) in [7, 11) is 3.58. The molecule has 1 aromatic rings. The van der Waals surface area contributed by atoms with Crippen LogP contribution in [0.3, 0.4) is 0 Å². The predicted molar refractivity (Wildman–Crippen MR) is 68.7 cm³/mol. The van der Waals surface area contributed by atoms with E-state index >= 15 is 0 Å². The summed E-state index contributed by atoms with van der Waals surface area (Å²) >= 11 is 0. The first-order valence-corrected chi connectivity index (χ1v) is 5.52. The number of carbonyl (C=O) groups is 1. The molecule has 0 spiro atoms. The van der Waals surface area contributed by atoms with Gasteiger partial charge in [-0.2, -0.15) is 4.99 Å². The molecule has 0 atom stereocenters. The Kier molecular flexibility index (Phi) is 4.69. The van der Waals surface area contributed by atoms with E-state index in [1.165, 1.54) is 6.34 Å². The van der Waals surface area contributed by atoms with Crippen molar-refractivity contribution in [3.63, 3.8) is 0 Å². The Morgan fingerprint density at radius 3 is 2.59 bits per heavy atom. The van der Waals surface area contributed by atoms with Crippen LogP contribution < -0.4 is 4.74 Å². The van der Waals surface area contributed by atoms with Crippen LogP contribution in [0.15, 0.2) is 29.3 Å². The summed E-state index contributed by atoms with van der Waals surface area (Å²) in [5.74, 6) is 0.875. The van der Waals surface area contributed by atoms with Gasteiger partial charge in [-0.25, -0.2) is 4.79 Å². The third-order valence-corrected chi connectivity index (χ3v) is 2.13. The summed E-state index contributed by atoms with van der Waals surface area (Å²) in [5, 5.41) is 0. The highest BCUT2D eigenvalue weighted by molar-refractivity contribution is 5.80. The maximum atomic E-state index is 11.4. The Hall–Kier alpha value is -1.84. The summed E-state index contributed by atoms with van der Waals surface area (Å²) in [6.07, 6.45) is 0.812. The van der Waals surface area contributed by atoms with Gasteiger partial charge in [0.15, 0.2) is 0 Å². The fourth-order valence-electron chi connectivity index (χ4n) is 1.33. The number of hydrogen-bond acceptors (Lipinski definition) is 2. The van der Waals surface area contributed by atoms with Gasteiger partial charge in [0.1, 0.15) is 5.75 Å². The van der Waals surface area contributed by atoms with Crippen LogP contribution in [0, 0.1) is 0 Å². The van der Waals surface area contributed by atoms with E-state index in [0.29, 0.717) is 11.7 Å². The van der Waals surface area contributed by atoms with E-state index in [0.717, 1.165) is 5.56 Å². The van der Waals surface area contributed by atoms with Crippen LogP contribution in [0.2, 0.25) is 0 Å². The number of ether oxygens (including phenoxy) is 1. The van der Waals surface area contributed by atoms with Crippen molar-refractivity contribution in [2.75, 3.05) is 14.1 Å². The van der Waals surface area contributed by atoms with Crippen molar-refractivity contribution < 1.29 is 9.53 Å². The average Bonchev–Trinajstić information content (AvgIpc) is 2.27. The fraction of sp³-hybridized carbons (Fsp3) is 0.385. The number of nitrogens with zero attached hydrogens (tertiary/aromatic N) is 2. The van der Waals surface area contributed by atoms with Crippen LogP contribution in [0.25, 0.3) is 0 Å². The SMILES string of the molecule is CC(C)c1ccccc1OC(=O)N=CN(C)C. The minimum atomic E-state index is -0.605. The van der Waals surface area contributed by atoms with Crippen LogP contribution >= 0.6 is 0 Å². The van der Waals surface area contributed by atoms with Crippen molar-refractivity contribution in [2.45, 2.75) is 19.8 Å². The van der Waals surface area contributed by atoms with Crippen molar-refractivity contribution in [3.05, 3.63) is 29.8 Å². The molecule has 0 N–H and O–H groups in total. The normalized spacial score (nSPS) is 10.9. The molecule has 1 rings (SSSR count). The zero-order chi connectivity index (χ0) is 12.8. The summed E-state index contributed by atoms with van der Waals surface area (Å²) in [5.41, 5.74) is 1.00. The zero-order valence-corrected chi connectivity index (χ0v) is 10.7. The molecule has 92 valence electrons. The second-order valence-electron chi connectivity index (χ2n) is 4.27. The molecule has 0 aliphatic heterocycles. The van der Waals surface area contributed by atoms with Crippen molar-refractivity contribution >= 4 is 12.4 Å². The van der Waals surface area contributed by atoms with E-state index in [4.69, 9.17) is 4.74 Å². The first-order valence-electron chi connectivity index (χ1n) is 5.52.